The molecule has 0 unspecified atom stereocenters. The van der Waals surface area contributed by atoms with Gasteiger partial charge in [-0.15, -0.1) is 0 Å². The zero-order valence-corrected chi connectivity index (χ0v) is 15.2. The monoisotopic (exact) mass is 356 g/mol. The lowest BCUT2D eigenvalue weighted by Crippen LogP contribution is -2.24. The number of ether oxygens (including phenoxy) is 2. The summed E-state index contributed by atoms with van der Waals surface area (Å²) in [5.74, 6) is 1.02. The normalized spacial score (nSPS) is 10.9. The lowest BCUT2D eigenvalue weighted by molar-refractivity contribution is -0.123. The van der Waals surface area contributed by atoms with Crippen molar-refractivity contribution in [1.82, 2.24) is 5.43 Å². The van der Waals surface area contributed by atoms with E-state index in [9.17, 15) is 9.90 Å². The molecule has 1 amide bonds. The van der Waals surface area contributed by atoms with Gasteiger partial charge in [0, 0.05) is 5.56 Å². The van der Waals surface area contributed by atoms with Crippen LogP contribution in [-0.2, 0) is 4.79 Å². The van der Waals surface area contributed by atoms with Crippen molar-refractivity contribution in [1.29, 1.82) is 0 Å². The third-order valence-electron chi connectivity index (χ3n) is 3.64. The molecule has 2 rings (SSSR count). The van der Waals surface area contributed by atoms with Gasteiger partial charge in [0.15, 0.2) is 18.1 Å². The van der Waals surface area contributed by atoms with Crippen molar-refractivity contribution in [3.05, 3.63) is 53.6 Å². The number of amides is 1. The van der Waals surface area contributed by atoms with Crippen LogP contribution in [0.25, 0.3) is 0 Å². The number of hydrogen-bond donors (Lipinski definition) is 2. The number of carbonyl (C=O) groups excluding carboxylic acids is 1. The number of nitrogens with one attached hydrogen (secondary N) is 1. The van der Waals surface area contributed by atoms with Gasteiger partial charge in [-0.2, -0.15) is 5.10 Å². The van der Waals surface area contributed by atoms with E-state index in [4.69, 9.17) is 9.47 Å². The predicted octanol–water partition coefficient (Wildman–Crippen LogP) is 3.44. The zero-order chi connectivity index (χ0) is 18.9. The van der Waals surface area contributed by atoms with Crippen LogP contribution in [0.1, 0.15) is 37.8 Å². The van der Waals surface area contributed by atoms with Gasteiger partial charge in [0.05, 0.1) is 12.8 Å². The van der Waals surface area contributed by atoms with Crippen LogP contribution in [0.2, 0.25) is 0 Å². The molecule has 0 spiro atoms. The first-order valence-corrected chi connectivity index (χ1v) is 8.50. The second-order valence-corrected chi connectivity index (χ2v) is 5.93. The van der Waals surface area contributed by atoms with Crippen molar-refractivity contribution < 1.29 is 19.4 Å². The SMILES string of the molecule is CCOc1cccc(/C=N\NC(=O)COc2ccc(C(C)C)cc2)c1O. The molecule has 2 aromatic carbocycles. The third kappa shape index (κ3) is 5.51. The van der Waals surface area contributed by atoms with E-state index in [1.165, 1.54) is 11.8 Å². The molecule has 0 heterocycles. The van der Waals surface area contributed by atoms with Crippen LogP contribution in [-0.4, -0.2) is 30.4 Å². The average molecular weight is 356 g/mol. The minimum atomic E-state index is -0.394. The number of rotatable bonds is 8. The van der Waals surface area contributed by atoms with Crippen molar-refractivity contribution in [3.63, 3.8) is 0 Å². The molecule has 2 N–H and O–H groups in total. The van der Waals surface area contributed by atoms with Gasteiger partial charge >= 0.3 is 0 Å². The summed E-state index contributed by atoms with van der Waals surface area (Å²) >= 11 is 0. The first-order valence-electron chi connectivity index (χ1n) is 8.50. The minimum Gasteiger partial charge on any atom is -0.504 e. The average Bonchev–Trinajstić information content (AvgIpc) is 2.63. The van der Waals surface area contributed by atoms with E-state index >= 15 is 0 Å². The van der Waals surface area contributed by atoms with Gasteiger partial charge in [0.25, 0.3) is 5.91 Å². The van der Waals surface area contributed by atoms with Crippen LogP contribution in [0.3, 0.4) is 0 Å². The summed E-state index contributed by atoms with van der Waals surface area (Å²) in [7, 11) is 0. The third-order valence-corrected chi connectivity index (χ3v) is 3.64. The van der Waals surface area contributed by atoms with E-state index in [0.717, 1.165) is 0 Å². The second-order valence-electron chi connectivity index (χ2n) is 5.93. The summed E-state index contributed by atoms with van der Waals surface area (Å²) in [6.45, 7) is 6.35. The smallest absolute Gasteiger partial charge is 0.277 e. The highest BCUT2D eigenvalue weighted by Crippen LogP contribution is 2.28. The quantitative estimate of drug-likeness (QED) is 0.561. The Morgan fingerprint density at radius 3 is 2.58 bits per heavy atom. The molecular formula is C20H24N2O4. The minimum absolute atomic E-state index is 0.0196. The molecule has 0 fully saturated rings. The predicted molar refractivity (Wildman–Crippen MR) is 101 cm³/mol. The zero-order valence-electron chi connectivity index (χ0n) is 15.2. The molecule has 138 valence electrons. The van der Waals surface area contributed by atoms with Crippen molar-refractivity contribution in [3.8, 4) is 17.2 Å². The van der Waals surface area contributed by atoms with Crippen LogP contribution in [0, 0.1) is 0 Å². The highest BCUT2D eigenvalue weighted by atomic mass is 16.5. The first kappa shape index (κ1) is 19.3. The maximum absolute atomic E-state index is 11.8. The summed E-state index contributed by atoms with van der Waals surface area (Å²) in [5, 5.41) is 13.9. The second kappa shape index (κ2) is 9.46. The summed E-state index contributed by atoms with van der Waals surface area (Å²) in [6.07, 6.45) is 1.35. The standard InChI is InChI=1S/C20H24N2O4/c1-4-25-18-7-5-6-16(20(18)24)12-21-22-19(23)13-26-17-10-8-15(9-11-17)14(2)3/h5-12,14,24H,4,13H2,1-3H3,(H,22,23)/b21-12-. The Hall–Kier alpha value is -3.02. The number of nitrogens with zero attached hydrogens (tertiary/aromatic N) is 1. The van der Waals surface area contributed by atoms with Crippen molar-refractivity contribution in [2.75, 3.05) is 13.2 Å². The Morgan fingerprint density at radius 1 is 1.19 bits per heavy atom. The number of aromatic hydroxyl groups is 1. The Morgan fingerprint density at radius 2 is 1.92 bits per heavy atom. The molecule has 0 aliphatic heterocycles. The fourth-order valence-electron chi connectivity index (χ4n) is 2.22. The molecule has 0 atom stereocenters. The first-order chi connectivity index (χ1) is 12.5. The molecule has 6 heteroatoms. The summed E-state index contributed by atoms with van der Waals surface area (Å²) < 4.78 is 10.7. The van der Waals surface area contributed by atoms with E-state index in [-0.39, 0.29) is 12.4 Å². The van der Waals surface area contributed by atoms with Crippen LogP contribution in [0.15, 0.2) is 47.6 Å². The lowest BCUT2D eigenvalue weighted by atomic mass is 10.0. The Bertz CT molecular complexity index is 755. The van der Waals surface area contributed by atoms with E-state index in [1.54, 1.807) is 18.2 Å². The van der Waals surface area contributed by atoms with Gasteiger partial charge in [0.2, 0.25) is 0 Å². The van der Waals surface area contributed by atoms with E-state index in [1.807, 2.05) is 31.2 Å². The van der Waals surface area contributed by atoms with Crippen molar-refractivity contribution in [2.45, 2.75) is 26.7 Å². The number of hydrazone groups is 1. The Balaban J connectivity index is 1.85. The summed E-state index contributed by atoms with van der Waals surface area (Å²) in [5.41, 5.74) is 4.02. The molecule has 0 saturated heterocycles. The van der Waals surface area contributed by atoms with Gasteiger partial charge in [-0.3, -0.25) is 4.79 Å². The molecule has 0 aliphatic carbocycles. The number of carbonyl (C=O) groups is 1. The molecule has 2 aromatic rings. The van der Waals surface area contributed by atoms with Gasteiger partial charge in [0.1, 0.15) is 5.75 Å². The fourth-order valence-corrected chi connectivity index (χ4v) is 2.22. The van der Waals surface area contributed by atoms with Crippen molar-refractivity contribution in [2.24, 2.45) is 5.10 Å². The van der Waals surface area contributed by atoms with E-state index < -0.39 is 5.91 Å². The maximum atomic E-state index is 11.8. The molecule has 0 saturated carbocycles. The van der Waals surface area contributed by atoms with E-state index in [2.05, 4.69) is 24.4 Å². The molecule has 26 heavy (non-hydrogen) atoms. The fraction of sp³-hybridized carbons (Fsp3) is 0.300. The van der Waals surface area contributed by atoms with Crippen LogP contribution in [0.4, 0.5) is 0 Å². The maximum Gasteiger partial charge on any atom is 0.277 e. The molecule has 0 aliphatic rings. The summed E-state index contributed by atoms with van der Waals surface area (Å²) in [4.78, 5) is 11.8. The van der Waals surface area contributed by atoms with Crippen LogP contribution >= 0.6 is 0 Å². The number of hydrogen-bond acceptors (Lipinski definition) is 5. The number of phenolic OH excluding ortho intramolecular Hbond substituents is 1. The van der Waals surface area contributed by atoms with E-state index in [0.29, 0.717) is 29.6 Å². The number of phenols is 1. The van der Waals surface area contributed by atoms with Crippen LogP contribution in [0.5, 0.6) is 17.2 Å². The Kier molecular flexibility index (Phi) is 7.02. The molecule has 0 bridgehead atoms. The van der Waals surface area contributed by atoms with Gasteiger partial charge < -0.3 is 14.6 Å². The number of benzene rings is 2. The Labute approximate surface area is 153 Å². The lowest BCUT2D eigenvalue weighted by Gasteiger charge is -2.08. The van der Waals surface area contributed by atoms with Gasteiger partial charge in [-0.1, -0.05) is 32.0 Å². The van der Waals surface area contributed by atoms with Gasteiger partial charge in [-0.05, 0) is 42.7 Å². The van der Waals surface area contributed by atoms with Gasteiger partial charge in [-0.25, -0.2) is 5.43 Å². The summed E-state index contributed by atoms with van der Waals surface area (Å²) in [6, 6.07) is 12.7. The van der Waals surface area contributed by atoms with Crippen molar-refractivity contribution >= 4 is 12.1 Å². The molecule has 6 nitrogen and oxygen atoms in total. The number of para-hydroxylation sites is 1. The highest BCUT2D eigenvalue weighted by molar-refractivity contribution is 5.86. The molecule has 0 radical (unpaired) electrons. The van der Waals surface area contributed by atoms with Crippen LogP contribution < -0.4 is 14.9 Å². The molecule has 0 aromatic heterocycles. The highest BCUT2D eigenvalue weighted by Gasteiger charge is 2.06. The topological polar surface area (TPSA) is 80.2 Å². The molecular weight excluding hydrogens is 332 g/mol. The largest absolute Gasteiger partial charge is 0.504 e.